The Balaban J connectivity index is 2.63. The van der Waals surface area contributed by atoms with Crippen molar-refractivity contribution in [3.05, 3.63) is 50.2 Å². The lowest BCUT2D eigenvalue weighted by molar-refractivity contribution is -0.384. The average Bonchev–Trinajstić information content (AvgIpc) is 2.30. The van der Waals surface area contributed by atoms with Crippen LogP contribution in [0.3, 0.4) is 0 Å². The van der Waals surface area contributed by atoms with Gasteiger partial charge in [0.25, 0.3) is 5.69 Å². The smallest absolute Gasteiger partial charge is 0.270 e. The van der Waals surface area contributed by atoms with Gasteiger partial charge in [-0.15, -0.1) is 0 Å². The maximum Gasteiger partial charge on any atom is 0.270 e. The molecular formula is C11H7IN2O3. The van der Waals surface area contributed by atoms with Crippen molar-refractivity contribution in [2.75, 3.05) is 0 Å². The van der Waals surface area contributed by atoms with Crippen molar-refractivity contribution in [3.8, 4) is 17.0 Å². The maximum atomic E-state index is 10.7. The minimum absolute atomic E-state index is 0.0211. The quantitative estimate of drug-likeness (QED) is 0.517. The predicted molar refractivity (Wildman–Crippen MR) is 70.7 cm³/mol. The summed E-state index contributed by atoms with van der Waals surface area (Å²) < 4.78 is 0.820. The van der Waals surface area contributed by atoms with E-state index in [2.05, 4.69) is 27.6 Å². The molecule has 0 saturated carbocycles. The molecule has 0 amide bonds. The normalized spacial score (nSPS) is 10.2. The van der Waals surface area contributed by atoms with E-state index in [0.717, 1.165) is 3.57 Å². The first-order valence-electron chi connectivity index (χ1n) is 4.68. The SMILES string of the molecule is O=[N+]([O-])c1ccc(O)c(-c2ncccc2I)c1. The number of pyridine rings is 1. The van der Waals surface area contributed by atoms with Gasteiger partial charge >= 0.3 is 0 Å². The zero-order valence-electron chi connectivity index (χ0n) is 8.50. The second-order valence-electron chi connectivity index (χ2n) is 3.29. The Bertz CT molecular complexity index is 587. The van der Waals surface area contributed by atoms with Gasteiger partial charge in [0, 0.05) is 27.5 Å². The highest BCUT2D eigenvalue weighted by Crippen LogP contribution is 2.33. The maximum absolute atomic E-state index is 10.7. The van der Waals surface area contributed by atoms with Gasteiger partial charge in [0.1, 0.15) is 5.75 Å². The lowest BCUT2D eigenvalue weighted by Gasteiger charge is -2.05. The van der Waals surface area contributed by atoms with E-state index in [0.29, 0.717) is 11.3 Å². The fraction of sp³-hybridized carbons (Fsp3) is 0. The minimum atomic E-state index is -0.501. The molecule has 2 aromatic rings. The molecule has 0 fully saturated rings. The summed E-state index contributed by atoms with van der Waals surface area (Å²) in [5, 5.41) is 20.4. The summed E-state index contributed by atoms with van der Waals surface area (Å²) in [5.74, 6) is -0.0211. The summed E-state index contributed by atoms with van der Waals surface area (Å²) >= 11 is 2.07. The van der Waals surface area contributed by atoms with Crippen molar-refractivity contribution in [1.29, 1.82) is 0 Å². The van der Waals surface area contributed by atoms with Crippen molar-refractivity contribution >= 4 is 28.3 Å². The Labute approximate surface area is 110 Å². The fourth-order valence-electron chi connectivity index (χ4n) is 1.41. The number of phenolic OH excluding ortho intramolecular Hbond substituents is 1. The van der Waals surface area contributed by atoms with E-state index in [4.69, 9.17) is 0 Å². The summed E-state index contributed by atoms with van der Waals surface area (Å²) in [5.41, 5.74) is 0.831. The molecule has 0 aliphatic carbocycles. The van der Waals surface area contributed by atoms with Crippen LogP contribution in [0, 0.1) is 13.7 Å². The molecule has 1 aromatic heterocycles. The van der Waals surface area contributed by atoms with Crippen molar-refractivity contribution in [3.63, 3.8) is 0 Å². The number of benzene rings is 1. The first-order chi connectivity index (χ1) is 8.09. The van der Waals surface area contributed by atoms with Gasteiger partial charge in [-0.2, -0.15) is 0 Å². The third-order valence-electron chi connectivity index (χ3n) is 2.20. The highest BCUT2D eigenvalue weighted by molar-refractivity contribution is 14.1. The van der Waals surface area contributed by atoms with E-state index in [1.165, 1.54) is 18.2 Å². The van der Waals surface area contributed by atoms with Crippen LogP contribution in [-0.4, -0.2) is 15.0 Å². The van der Waals surface area contributed by atoms with Gasteiger partial charge in [-0.1, -0.05) is 0 Å². The summed E-state index contributed by atoms with van der Waals surface area (Å²) in [6.07, 6.45) is 1.58. The molecule has 0 atom stereocenters. The molecule has 1 heterocycles. The van der Waals surface area contributed by atoms with Crippen molar-refractivity contribution in [2.24, 2.45) is 0 Å². The van der Waals surface area contributed by atoms with Crippen LogP contribution in [0.15, 0.2) is 36.5 Å². The van der Waals surface area contributed by atoms with Gasteiger partial charge in [-0.25, -0.2) is 0 Å². The molecule has 1 N–H and O–H groups in total. The Kier molecular flexibility index (Phi) is 3.23. The molecule has 0 radical (unpaired) electrons. The zero-order valence-corrected chi connectivity index (χ0v) is 10.7. The van der Waals surface area contributed by atoms with Gasteiger partial charge in [-0.3, -0.25) is 15.1 Å². The zero-order chi connectivity index (χ0) is 12.4. The van der Waals surface area contributed by atoms with E-state index in [-0.39, 0.29) is 11.4 Å². The van der Waals surface area contributed by atoms with Crippen LogP contribution in [0.1, 0.15) is 0 Å². The Morgan fingerprint density at radius 2 is 2.12 bits per heavy atom. The molecule has 0 unspecified atom stereocenters. The number of nitro benzene ring substituents is 1. The number of hydrogen-bond donors (Lipinski definition) is 1. The van der Waals surface area contributed by atoms with Crippen LogP contribution >= 0.6 is 22.6 Å². The molecule has 0 aliphatic heterocycles. The van der Waals surface area contributed by atoms with Crippen molar-refractivity contribution in [2.45, 2.75) is 0 Å². The molecule has 17 heavy (non-hydrogen) atoms. The standard InChI is InChI=1S/C11H7IN2O3/c12-9-2-1-5-13-11(9)8-6-7(14(16)17)3-4-10(8)15/h1-6,15H. The largest absolute Gasteiger partial charge is 0.507 e. The van der Waals surface area contributed by atoms with E-state index in [1.54, 1.807) is 12.3 Å². The number of rotatable bonds is 2. The van der Waals surface area contributed by atoms with E-state index in [9.17, 15) is 15.2 Å². The third-order valence-corrected chi connectivity index (χ3v) is 3.08. The summed E-state index contributed by atoms with van der Waals surface area (Å²) in [7, 11) is 0. The Morgan fingerprint density at radius 3 is 2.76 bits per heavy atom. The van der Waals surface area contributed by atoms with Crippen LogP contribution in [-0.2, 0) is 0 Å². The number of nitro groups is 1. The van der Waals surface area contributed by atoms with Crippen molar-refractivity contribution < 1.29 is 10.0 Å². The molecule has 1 aromatic carbocycles. The second kappa shape index (κ2) is 4.66. The van der Waals surface area contributed by atoms with Gasteiger partial charge in [0.05, 0.1) is 10.6 Å². The lowest BCUT2D eigenvalue weighted by Crippen LogP contribution is -1.91. The number of aromatic hydroxyl groups is 1. The summed E-state index contributed by atoms with van der Waals surface area (Å²) in [6, 6.07) is 7.47. The first kappa shape index (κ1) is 11.8. The number of aromatic nitrogens is 1. The van der Waals surface area contributed by atoms with Crippen molar-refractivity contribution in [1.82, 2.24) is 4.98 Å². The minimum Gasteiger partial charge on any atom is -0.507 e. The topological polar surface area (TPSA) is 76.3 Å². The second-order valence-corrected chi connectivity index (χ2v) is 4.45. The molecule has 5 nitrogen and oxygen atoms in total. The Hall–Kier alpha value is -1.70. The van der Waals surface area contributed by atoms with Crippen LogP contribution in [0.25, 0.3) is 11.3 Å². The number of hydrogen-bond acceptors (Lipinski definition) is 4. The number of halogens is 1. The molecule has 0 bridgehead atoms. The van der Waals surface area contributed by atoms with Crippen LogP contribution in [0.4, 0.5) is 5.69 Å². The molecule has 2 rings (SSSR count). The predicted octanol–water partition coefficient (Wildman–Crippen LogP) is 2.97. The molecule has 0 aliphatic rings. The highest BCUT2D eigenvalue weighted by atomic mass is 127. The lowest BCUT2D eigenvalue weighted by atomic mass is 10.1. The molecule has 0 spiro atoms. The van der Waals surface area contributed by atoms with Gasteiger partial charge in [-0.05, 0) is 40.8 Å². The first-order valence-corrected chi connectivity index (χ1v) is 5.76. The van der Waals surface area contributed by atoms with Crippen LogP contribution in [0.5, 0.6) is 5.75 Å². The van der Waals surface area contributed by atoms with Crippen LogP contribution < -0.4 is 0 Å². The summed E-state index contributed by atoms with van der Waals surface area (Å²) in [6.45, 7) is 0. The fourth-order valence-corrected chi connectivity index (χ4v) is 2.05. The summed E-state index contributed by atoms with van der Waals surface area (Å²) in [4.78, 5) is 14.3. The third kappa shape index (κ3) is 2.36. The Morgan fingerprint density at radius 1 is 1.35 bits per heavy atom. The van der Waals surface area contributed by atoms with Gasteiger partial charge < -0.3 is 5.11 Å². The highest BCUT2D eigenvalue weighted by Gasteiger charge is 2.14. The number of phenols is 1. The van der Waals surface area contributed by atoms with E-state index < -0.39 is 4.92 Å². The molecule has 86 valence electrons. The van der Waals surface area contributed by atoms with Gasteiger partial charge in [0.15, 0.2) is 0 Å². The molecule has 6 heteroatoms. The van der Waals surface area contributed by atoms with E-state index in [1.807, 2.05) is 6.07 Å². The van der Waals surface area contributed by atoms with Gasteiger partial charge in [0.2, 0.25) is 0 Å². The average molecular weight is 342 g/mol. The number of non-ortho nitro benzene ring substituents is 1. The monoisotopic (exact) mass is 342 g/mol. The van der Waals surface area contributed by atoms with Crippen LogP contribution in [0.2, 0.25) is 0 Å². The molecule has 0 saturated heterocycles. The molecular weight excluding hydrogens is 335 g/mol. The number of nitrogens with zero attached hydrogens (tertiary/aromatic N) is 2. The van der Waals surface area contributed by atoms with E-state index >= 15 is 0 Å².